The van der Waals surface area contributed by atoms with E-state index in [0.717, 1.165) is 4.90 Å². The van der Waals surface area contributed by atoms with E-state index in [4.69, 9.17) is 5.73 Å². The molecule has 0 heterocycles. The number of nitrogens with two attached hydrogens (primary N) is 1. The summed E-state index contributed by atoms with van der Waals surface area (Å²) >= 11 is 1.36. The predicted molar refractivity (Wildman–Crippen MR) is 75.2 cm³/mol. The summed E-state index contributed by atoms with van der Waals surface area (Å²) in [6.45, 7) is 0. The molecular weight excluding hydrogens is 283 g/mol. The van der Waals surface area contributed by atoms with Crippen molar-refractivity contribution in [3.63, 3.8) is 0 Å². The first-order chi connectivity index (χ1) is 9.56. The van der Waals surface area contributed by atoms with Gasteiger partial charge in [0.25, 0.3) is 0 Å². The zero-order valence-corrected chi connectivity index (χ0v) is 11.5. The molecule has 0 radical (unpaired) electrons. The van der Waals surface area contributed by atoms with Gasteiger partial charge < -0.3 is 5.73 Å². The highest BCUT2D eigenvalue weighted by Crippen LogP contribution is 2.21. The van der Waals surface area contributed by atoms with Crippen molar-refractivity contribution in [1.29, 1.82) is 0 Å². The van der Waals surface area contributed by atoms with Crippen LogP contribution in [0, 0.1) is 17.5 Å². The first kappa shape index (κ1) is 14.9. The highest BCUT2D eigenvalue weighted by Gasteiger charge is 2.13. The number of benzene rings is 2. The predicted octanol–water partition coefficient (Wildman–Crippen LogP) is 3.77. The lowest BCUT2D eigenvalue weighted by atomic mass is 10.1. The second-order valence-electron chi connectivity index (χ2n) is 4.43. The van der Waals surface area contributed by atoms with Crippen LogP contribution in [0.25, 0.3) is 0 Å². The molecule has 2 aromatic carbocycles. The van der Waals surface area contributed by atoms with E-state index in [1.807, 2.05) is 0 Å². The molecule has 0 aliphatic rings. The Morgan fingerprint density at radius 2 is 1.65 bits per heavy atom. The van der Waals surface area contributed by atoms with Gasteiger partial charge in [-0.3, -0.25) is 0 Å². The van der Waals surface area contributed by atoms with Crippen LogP contribution in [0.1, 0.15) is 5.56 Å². The lowest BCUT2D eigenvalue weighted by Crippen LogP contribution is -2.26. The first-order valence-corrected chi connectivity index (χ1v) is 7.11. The number of hydrogen-bond acceptors (Lipinski definition) is 2. The van der Waals surface area contributed by atoms with Crippen LogP contribution in [-0.4, -0.2) is 11.8 Å². The monoisotopic (exact) mass is 297 g/mol. The van der Waals surface area contributed by atoms with E-state index in [-0.39, 0.29) is 17.8 Å². The van der Waals surface area contributed by atoms with Crippen LogP contribution in [0.15, 0.2) is 47.4 Å². The van der Waals surface area contributed by atoms with Gasteiger partial charge in [0, 0.05) is 22.3 Å². The summed E-state index contributed by atoms with van der Waals surface area (Å²) in [4.78, 5) is 0.745. The van der Waals surface area contributed by atoms with Gasteiger partial charge in [0.15, 0.2) is 0 Å². The van der Waals surface area contributed by atoms with Gasteiger partial charge in [-0.05, 0) is 36.8 Å². The van der Waals surface area contributed by atoms with Crippen molar-refractivity contribution in [2.45, 2.75) is 17.4 Å². The smallest absolute Gasteiger partial charge is 0.129 e. The van der Waals surface area contributed by atoms with Gasteiger partial charge in [-0.25, -0.2) is 13.2 Å². The molecule has 2 N–H and O–H groups in total. The van der Waals surface area contributed by atoms with Gasteiger partial charge in [0.1, 0.15) is 17.5 Å². The molecule has 0 amide bonds. The first-order valence-electron chi connectivity index (χ1n) is 6.13. The van der Waals surface area contributed by atoms with Crippen molar-refractivity contribution in [1.82, 2.24) is 0 Å². The molecule has 20 heavy (non-hydrogen) atoms. The molecule has 1 nitrogen and oxygen atoms in total. The Morgan fingerprint density at radius 1 is 1.00 bits per heavy atom. The average molecular weight is 297 g/mol. The standard InChI is InChI=1S/C15H14F3NS/c16-10-3-1-4-12(7-10)20-9-11(19)8-13-14(17)5-2-6-15(13)18/h1-7,11H,8-9,19H2. The Labute approximate surface area is 120 Å². The Balaban J connectivity index is 1.94. The average Bonchev–Trinajstić information content (AvgIpc) is 2.41. The zero-order valence-electron chi connectivity index (χ0n) is 10.7. The topological polar surface area (TPSA) is 26.0 Å². The van der Waals surface area contributed by atoms with Crippen LogP contribution in [0.4, 0.5) is 13.2 Å². The molecule has 106 valence electrons. The molecule has 0 saturated carbocycles. The molecule has 2 aromatic rings. The summed E-state index contributed by atoms with van der Waals surface area (Å²) in [6.07, 6.45) is 0.112. The van der Waals surface area contributed by atoms with E-state index in [1.54, 1.807) is 12.1 Å². The molecule has 2 rings (SSSR count). The molecule has 0 saturated heterocycles. The summed E-state index contributed by atoms with van der Waals surface area (Å²) in [5.41, 5.74) is 5.88. The molecule has 0 aromatic heterocycles. The van der Waals surface area contributed by atoms with E-state index in [0.29, 0.717) is 5.75 Å². The van der Waals surface area contributed by atoms with E-state index >= 15 is 0 Å². The summed E-state index contributed by atoms with van der Waals surface area (Å²) in [7, 11) is 0. The quantitative estimate of drug-likeness (QED) is 0.850. The normalized spacial score (nSPS) is 12.4. The van der Waals surface area contributed by atoms with Crippen LogP contribution >= 0.6 is 11.8 Å². The van der Waals surface area contributed by atoms with Crippen molar-refractivity contribution in [3.05, 3.63) is 65.5 Å². The number of rotatable bonds is 5. The van der Waals surface area contributed by atoms with Crippen molar-refractivity contribution < 1.29 is 13.2 Å². The molecular formula is C15H14F3NS. The lowest BCUT2D eigenvalue weighted by Gasteiger charge is -2.12. The van der Waals surface area contributed by atoms with Gasteiger partial charge in [-0.15, -0.1) is 11.8 Å². The second-order valence-corrected chi connectivity index (χ2v) is 5.53. The van der Waals surface area contributed by atoms with E-state index in [2.05, 4.69) is 0 Å². The lowest BCUT2D eigenvalue weighted by molar-refractivity contribution is 0.543. The van der Waals surface area contributed by atoms with Crippen LogP contribution < -0.4 is 5.73 Å². The van der Waals surface area contributed by atoms with E-state index < -0.39 is 17.7 Å². The maximum absolute atomic E-state index is 13.5. The Bertz CT molecular complexity index is 569. The minimum absolute atomic E-state index is 0.000146. The zero-order chi connectivity index (χ0) is 14.5. The van der Waals surface area contributed by atoms with E-state index in [9.17, 15) is 13.2 Å². The van der Waals surface area contributed by atoms with Crippen molar-refractivity contribution in [2.24, 2.45) is 5.73 Å². The third-order valence-electron chi connectivity index (χ3n) is 2.79. The number of thioether (sulfide) groups is 1. The molecule has 0 fully saturated rings. The molecule has 0 bridgehead atoms. The van der Waals surface area contributed by atoms with E-state index in [1.165, 1.54) is 42.1 Å². The third kappa shape index (κ3) is 4.02. The molecule has 1 atom stereocenters. The Kier molecular flexibility index (Phi) is 5.09. The summed E-state index contributed by atoms with van der Waals surface area (Å²) in [5.74, 6) is -1.03. The van der Waals surface area contributed by atoms with Gasteiger partial charge in [-0.2, -0.15) is 0 Å². The maximum atomic E-state index is 13.5. The molecule has 0 aliphatic heterocycles. The fraction of sp³-hybridized carbons (Fsp3) is 0.200. The second kappa shape index (κ2) is 6.81. The van der Waals surface area contributed by atoms with Crippen molar-refractivity contribution >= 4 is 11.8 Å². The number of halogens is 3. The Hall–Kier alpha value is -1.46. The van der Waals surface area contributed by atoms with Crippen LogP contribution in [0.5, 0.6) is 0 Å². The SMILES string of the molecule is NC(CSc1cccc(F)c1)Cc1c(F)cccc1F. The third-order valence-corrected chi connectivity index (χ3v) is 3.97. The highest BCUT2D eigenvalue weighted by molar-refractivity contribution is 7.99. The number of hydrogen-bond donors (Lipinski definition) is 1. The van der Waals surface area contributed by atoms with Gasteiger partial charge in [0.2, 0.25) is 0 Å². The summed E-state index contributed by atoms with van der Waals surface area (Å²) in [6, 6.07) is 9.48. The van der Waals surface area contributed by atoms with Crippen molar-refractivity contribution in [3.8, 4) is 0 Å². The molecule has 1 unspecified atom stereocenters. The molecule has 0 aliphatic carbocycles. The molecule has 5 heteroatoms. The fourth-order valence-electron chi connectivity index (χ4n) is 1.81. The summed E-state index contributed by atoms with van der Waals surface area (Å²) < 4.78 is 40.0. The minimum atomic E-state index is -0.587. The summed E-state index contributed by atoms with van der Waals surface area (Å²) in [5, 5.41) is 0. The van der Waals surface area contributed by atoms with Gasteiger partial charge >= 0.3 is 0 Å². The highest BCUT2D eigenvalue weighted by atomic mass is 32.2. The van der Waals surface area contributed by atoms with Crippen LogP contribution in [0.3, 0.4) is 0 Å². The largest absolute Gasteiger partial charge is 0.327 e. The minimum Gasteiger partial charge on any atom is -0.327 e. The van der Waals surface area contributed by atoms with Gasteiger partial charge in [-0.1, -0.05) is 12.1 Å². The maximum Gasteiger partial charge on any atom is 0.129 e. The van der Waals surface area contributed by atoms with Crippen LogP contribution in [0.2, 0.25) is 0 Å². The Morgan fingerprint density at radius 3 is 2.30 bits per heavy atom. The van der Waals surface area contributed by atoms with Crippen LogP contribution in [-0.2, 0) is 6.42 Å². The molecule has 0 spiro atoms. The van der Waals surface area contributed by atoms with Gasteiger partial charge in [0.05, 0.1) is 0 Å². The van der Waals surface area contributed by atoms with Crippen molar-refractivity contribution in [2.75, 3.05) is 5.75 Å². The fourth-order valence-corrected chi connectivity index (χ4v) is 2.70.